The van der Waals surface area contributed by atoms with E-state index in [4.69, 9.17) is 11.6 Å². The van der Waals surface area contributed by atoms with Crippen LogP contribution in [0.4, 0.5) is 5.95 Å². The second kappa shape index (κ2) is 4.79. The van der Waals surface area contributed by atoms with Gasteiger partial charge in [-0.3, -0.25) is 0 Å². The van der Waals surface area contributed by atoms with Crippen LogP contribution in [0.15, 0.2) is 12.3 Å². The maximum Gasteiger partial charge on any atom is 0.225 e. The molecule has 1 fully saturated rings. The van der Waals surface area contributed by atoms with Crippen LogP contribution in [0.1, 0.15) is 18.5 Å². The quantitative estimate of drug-likeness (QED) is 0.723. The predicted molar refractivity (Wildman–Crippen MR) is 62.4 cm³/mol. The Balaban J connectivity index is 2.01. The summed E-state index contributed by atoms with van der Waals surface area (Å²) in [4.78, 5) is 11.0. The Kier molecular flexibility index (Phi) is 3.41. The first-order chi connectivity index (χ1) is 7.29. The summed E-state index contributed by atoms with van der Waals surface area (Å²) in [5.41, 5.74) is 1.03. The van der Waals surface area contributed by atoms with Gasteiger partial charge in [-0.15, -0.1) is 11.6 Å². The fourth-order valence-corrected chi connectivity index (χ4v) is 2.18. The second-order valence-electron chi connectivity index (χ2n) is 4.08. The summed E-state index contributed by atoms with van der Waals surface area (Å²) in [7, 11) is 0. The fourth-order valence-electron chi connectivity index (χ4n) is 1.88. The van der Waals surface area contributed by atoms with Crippen LogP contribution in [0.2, 0.25) is 0 Å². The lowest BCUT2D eigenvalue weighted by molar-refractivity contribution is 0.438. The van der Waals surface area contributed by atoms with Gasteiger partial charge in [-0.25, -0.2) is 9.97 Å². The van der Waals surface area contributed by atoms with Crippen molar-refractivity contribution < 1.29 is 0 Å². The zero-order valence-electron chi connectivity index (χ0n) is 8.99. The highest BCUT2D eigenvalue weighted by molar-refractivity contribution is 6.18. The van der Waals surface area contributed by atoms with E-state index in [0.717, 1.165) is 43.5 Å². The van der Waals surface area contributed by atoms with Crippen molar-refractivity contribution in [2.45, 2.75) is 19.8 Å². The molecule has 0 saturated carbocycles. The van der Waals surface area contributed by atoms with Crippen LogP contribution in [-0.4, -0.2) is 28.9 Å². The molecule has 0 spiro atoms. The number of halogens is 1. The van der Waals surface area contributed by atoms with Gasteiger partial charge in [-0.1, -0.05) is 0 Å². The molecule has 4 heteroatoms. The van der Waals surface area contributed by atoms with Gasteiger partial charge in [0.15, 0.2) is 0 Å². The number of nitrogens with zero attached hydrogens (tertiary/aromatic N) is 3. The fraction of sp³-hybridized carbons (Fsp3) is 0.636. The van der Waals surface area contributed by atoms with E-state index in [1.165, 1.54) is 0 Å². The third kappa shape index (κ3) is 2.59. The zero-order chi connectivity index (χ0) is 10.7. The number of rotatable bonds is 2. The van der Waals surface area contributed by atoms with Crippen LogP contribution in [0.25, 0.3) is 0 Å². The molecule has 1 aliphatic heterocycles. The Morgan fingerprint density at radius 3 is 2.80 bits per heavy atom. The molecule has 1 saturated heterocycles. The molecular formula is C11H16ClN3. The summed E-state index contributed by atoms with van der Waals surface area (Å²) >= 11 is 5.85. The number of alkyl halides is 1. The lowest BCUT2D eigenvalue weighted by Gasteiger charge is -2.31. The zero-order valence-corrected chi connectivity index (χ0v) is 9.74. The van der Waals surface area contributed by atoms with Crippen LogP contribution in [0, 0.1) is 12.8 Å². The van der Waals surface area contributed by atoms with Gasteiger partial charge in [-0.2, -0.15) is 0 Å². The maximum atomic E-state index is 5.85. The number of aromatic nitrogens is 2. The van der Waals surface area contributed by atoms with Gasteiger partial charge < -0.3 is 4.90 Å². The summed E-state index contributed by atoms with van der Waals surface area (Å²) in [6.45, 7) is 4.05. The molecule has 0 unspecified atom stereocenters. The largest absolute Gasteiger partial charge is 0.341 e. The first-order valence-electron chi connectivity index (χ1n) is 5.40. The van der Waals surface area contributed by atoms with Crippen LogP contribution >= 0.6 is 11.6 Å². The van der Waals surface area contributed by atoms with Gasteiger partial charge >= 0.3 is 0 Å². The second-order valence-corrected chi connectivity index (χ2v) is 4.39. The number of aryl methyl sites for hydroxylation is 1. The van der Waals surface area contributed by atoms with Gasteiger partial charge in [0.1, 0.15) is 0 Å². The summed E-state index contributed by atoms with van der Waals surface area (Å²) in [5, 5.41) is 0. The van der Waals surface area contributed by atoms with Crippen LogP contribution in [0.5, 0.6) is 0 Å². The van der Waals surface area contributed by atoms with Gasteiger partial charge in [-0.05, 0) is 31.7 Å². The Morgan fingerprint density at radius 2 is 2.20 bits per heavy atom. The first-order valence-corrected chi connectivity index (χ1v) is 5.93. The van der Waals surface area contributed by atoms with E-state index in [1.54, 1.807) is 0 Å². The molecule has 1 aromatic heterocycles. The topological polar surface area (TPSA) is 29.0 Å². The molecule has 0 atom stereocenters. The van der Waals surface area contributed by atoms with Gasteiger partial charge in [0.25, 0.3) is 0 Å². The van der Waals surface area contributed by atoms with Gasteiger partial charge in [0.2, 0.25) is 5.95 Å². The van der Waals surface area contributed by atoms with Crippen LogP contribution in [0.3, 0.4) is 0 Å². The smallest absolute Gasteiger partial charge is 0.225 e. The van der Waals surface area contributed by atoms with Crippen LogP contribution < -0.4 is 4.90 Å². The Labute approximate surface area is 95.5 Å². The molecular weight excluding hydrogens is 210 g/mol. The minimum atomic E-state index is 0.674. The Bertz CT molecular complexity index is 321. The Hall–Kier alpha value is -0.830. The average molecular weight is 226 g/mol. The molecule has 0 bridgehead atoms. The van der Waals surface area contributed by atoms with Crippen molar-refractivity contribution in [3.8, 4) is 0 Å². The summed E-state index contributed by atoms with van der Waals surface area (Å²) in [5.74, 6) is 2.32. The van der Waals surface area contributed by atoms with Crippen LogP contribution in [-0.2, 0) is 0 Å². The van der Waals surface area contributed by atoms with Crippen molar-refractivity contribution in [2.75, 3.05) is 23.9 Å². The van der Waals surface area contributed by atoms with E-state index in [2.05, 4.69) is 14.9 Å². The number of hydrogen-bond acceptors (Lipinski definition) is 3. The number of piperidine rings is 1. The molecule has 0 aliphatic carbocycles. The molecule has 0 N–H and O–H groups in total. The van der Waals surface area contributed by atoms with E-state index < -0.39 is 0 Å². The standard InChI is InChI=1S/C11H16ClN3/c1-9-2-5-13-11(14-9)15-6-3-10(8-12)4-7-15/h2,5,10H,3-4,6-8H2,1H3. The molecule has 15 heavy (non-hydrogen) atoms. The average Bonchev–Trinajstić information content (AvgIpc) is 2.29. The van der Waals surface area contributed by atoms with E-state index in [9.17, 15) is 0 Å². The molecule has 82 valence electrons. The lowest BCUT2D eigenvalue weighted by atomic mass is 9.99. The molecule has 2 rings (SSSR count). The van der Waals surface area contributed by atoms with E-state index in [0.29, 0.717) is 5.92 Å². The highest BCUT2D eigenvalue weighted by atomic mass is 35.5. The Morgan fingerprint density at radius 1 is 1.47 bits per heavy atom. The minimum Gasteiger partial charge on any atom is -0.341 e. The molecule has 1 aromatic rings. The van der Waals surface area contributed by atoms with Crippen molar-refractivity contribution >= 4 is 17.5 Å². The van der Waals surface area contributed by atoms with Crippen molar-refractivity contribution in [1.29, 1.82) is 0 Å². The van der Waals surface area contributed by atoms with E-state index in [-0.39, 0.29) is 0 Å². The lowest BCUT2D eigenvalue weighted by Crippen LogP contribution is -2.35. The maximum absolute atomic E-state index is 5.85. The van der Waals surface area contributed by atoms with Crippen molar-refractivity contribution in [1.82, 2.24) is 9.97 Å². The minimum absolute atomic E-state index is 0.674. The van der Waals surface area contributed by atoms with Gasteiger partial charge in [0.05, 0.1) is 0 Å². The molecule has 2 heterocycles. The number of hydrogen-bond donors (Lipinski definition) is 0. The van der Waals surface area contributed by atoms with E-state index in [1.807, 2.05) is 19.2 Å². The third-order valence-electron chi connectivity index (χ3n) is 2.90. The SMILES string of the molecule is Cc1ccnc(N2CCC(CCl)CC2)n1. The monoisotopic (exact) mass is 225 g/mol. The number of anilines is 1. The van der Waals surface area contributed by atoms with Crippen molar-refractivity contribution in [3.05, 3.63) is 18.0 Å². The van der Waals surface area contributed by atoms with E-state index >= 15 is 0 Å². The first kappa shape index (κ1) is 10.7. The highest BCUT2D eigenvalue weighted by Crippen LogP contribution is 2.21. The molecule has 0 amide bonds. The molecule has 3 nitrogen and oxygen atoms in total. The van der Waals surface area contributed by atoms with Crippen molar-refractivity contribution in [2.24, 2.45) is 5.92 Å². The van der Waals surface area contributed by atoms with Gasteiger partial charge in [0, 0.05) is 30.9 Å². The molecule has 1 aliphatic rings. The molecule has 0 radical (unpaired) electrons. The summed E-state index contributed by atoms with van der Waals surface area (Å²) in [6.07, 6.45) is 4.13. The predicted octanol–water partition coefficient (Wildman–Crippen LogP) is 2.24. The molecule has 0 aromatic carbocycles. The summed E-state index contributed by atoms with van der Waals surface area (Å²) < 4.78 is 0. The third-order valence-corrected chi connectivity index (χ3v) is 3.33. The normalized spacial score (nSPS) is 18.1. The highest BCUT2D eigenvalue weighted by Gasteiger charge is 2.19. The van der Waals surface area contributed by atoms with Crippen molar-refractivity contribution in [3.63, 3.8) is 0 Å². The summed E-state index contributed by atoms with van der Waals surface area (Å²) in [6, 6.07) is 1.93.